The minimum Gasteiger partial charge on any atom is -0.331 e. The molecular formula is C13H15IN2S. The first-order valence-electron chi connectivity index (χ1n) is 6.12. The van der Waals surface area contributed by atoms with Gasteiger partial charge in [-0.25, -0.2) is 0 Å². The number of benzene rings is 1. The van der Waals surface area contributed by atoms with E-state index in [0.29, 0.717) is 0 Å². The van der Waals surface area contributed by atoms with E-state index in [2.05, 4.69) is 50.3 Å². The molecule has 3 rings (SSSR count). The Hall–Kier alpha value is -0.360. The third-order valence-electron chi connectivity index (χ3n) is 3.43. The molecule has 1 N–H and O–H groups in total. The smallest absolute Gasteiger partial charge is 0.178 e. The molecule has 1 aromatic carbocycles. The van der Waals surface area contributed by atoms with Crippen molar-refractivity contribution in [1.82, 2.24) is 9.55 Å². The van der Waals surface area contributed by atoms with Crippen LogP contribution in [0.25, 0.3) is 11.0 Å². The molecule has 0 saturated heterocycles. The van der Waals surface area contributed by atoms with E-state index in [1.54, 1.807) is 0 Å². The van der Waals surface area contributed by atoms with E-state index in [9.17, 15) is 0 Å². The number of aryl methyl sites for hydroxylation is 1. The molecule has 4 heteroatoms. The van der Waals surface area contributed by atoms with Crippen molar-refractivity contribution in [2.24, 2.45) is 5.92 Å². The van der Waals surface area contributed by atoms with Crippen LogP contribution in [0, 0.1) is 14.3 Å². The van der Waals surface area contributed by atoms with E-state index < -0.39 is 0 Å². The fraction of sp³-hybridized carbons (Fsp3) is 0.462. The average molecular weight is 358 g/mol. The zero-order valence-corrected chi connectivity index (χ0v) is 12.6. The Morgan fingerprint density at radius 1 is 1.41 bits per heavy atom. The summed E-state index contributed by atoms with van der Waals surface area (Å²) in [4.78, 5) is 3.29. The third-order valence-corrected chi connectivity index (χ3v) is 4.42. The van der Waals surface area contributed by atoms with E-state index in [1.807, 2.05) is 0 Å². The van der Waals surface area contributed by atoms with Crippen molar-refractivity contribution in [1.29, 1.82) is 0 Å². The molecule has 1 aliphatic carbocycles. The first kappa shape index (κ1) is 11.7. The van der Waals surface area contributed by atoms with Crippen LogP contribution < -0.4 is 0 Å². The molecule has 0 amide bonds. The average Bonchev–Trinajstić information content (AvgIpc) is 3.04. The van der Waals surface area contributed by atoms with Gasteiger partial charge in [0.05, 0.1) is 11.0 Å². The van der Waals surface area contributed by atoms with Crippen LogP contribution in [-0.4, -0.2) is 9.55 Å². The second-order valence-corrected chi connectivity index (χ2v) is 6.46. The van der Waals surface area contributed by atoms with Gasteiger partial charge in [0, 0.05) is 10.1 Å². The molecule has 2 nitrogen and oxygen atoms in total. The molecule has 90 valence electrons. The van der Waals surface area contributed by atoms with Gasteiger partial charge in [-0.05, 0) is 71.8 Å². The molecular weight excluding hydrogens is 343 g/mol. The second-order valence-electron chi connectivity index (χ2n) is 4.83. The molecule has 0 bridgehead atoms. The van der Waals surface area contributed by atoms with Crippen LogP contribution >= 0.6 is 34.8 Å². The summed E-state index contributed by atoms with van der Waals surface area (Å²) in [6, 6.07) is 6.46. The monoisotopic (exact) mass is 358 g/mol. The standard InChI is InChI=1S/C13H15IN2S/c14-10-5-6-12-11(8-10)15-13(17)16(12)7-1-2-9-3-4-9/h5-6,8-9H,1-4,7H2,(H,15,17). The van der Waals surface area contributed by atoms with Crippen LogP contribution in [0.15, 0.2) is 18.2 Å². The van der Waals surface area contributed by atoms with Crippen LogP contribution in [0.5, 0.6) is 0 Å². The van der Waals surface area contributed by atoms with Crippen molar-refractivity contribution < 1.29 is 0 Å². The number of hydrogen-bond donors (Lipinski definition) is 1. The van der Waals surface area contributed by atoms with Gasteiger partial charge in [0.2, 0.25) is 0 Å². The molecule has 0 unspecified atom stereocenters. The van der Waals surface area contributed by atoms with Gasteiger partial charge in [-0.2, -0.15) is 0 Å². The minimum atomic E-state index is 0.859. The lowest BCUT2D eigenvalue weighted by Gasteiger charge is -2.03. The highest BCUT2D eigenvalue weighted by Gasteiger charge is 2.20. The summed E-state index contributed by atoms with van der Waals surface area (Å²) in [6.07, 6.45) is 5.49. The number of hydrogen-bond acceptors (Lipinski definition) is 1. The maximum Gasteiger partial charge on any atom is 0.178 e. The van der Waals surface area contributed by atoms with Gasteiger partial charge < -0.3 is 9.55 Å². The number of nitrogens with one attached hydrogen (secondary N) is 1. The lowest BCUT2D eigenvalue weighted by atomic mass is 10.2. The van der Waals surface area contributed by atoms with E-state index in [4.69, 9.17) is 12.2 Å². The first-order chi connectivity index (χ1) is 8.24. The van der Waals surface area contributed by atoms with Crippen molar-refractivity contribution in [3.63, 3.8) is 0 Å². The summed E-state index contributed by atoms with van der Waals surface area (Å²) in [7, 11) is 0. The summed E-state index contributed by atoms with van der Waals surface area (Å²) < 4.78 is 4.35. The lowest BCUT2D eigenvalue weighted by molar-refractivity contribution is 0.582. The number of aromatic amines is 1. The van der Waals surface area contributed by atoms with Gasteiger partial charge >= 0.3 is 0 Å². The Morgan fingerprint density at radius 2 is 2.24 bits per heavy atom. The minimum absolute atomic E-state index is 0.859. The van der Waals surface area contributed by atoms with E-state index >= 15 is 0 Å². The normalized spacial score (nSPS) is 15.6. The number of imidazole rings is 1. The fourth-order valence-corrected chi connectivity index (χ4v) is 3.09. The quantitative estimate of drug-likeness (QED) is 0.631. The second kappa shape index (κ2) is 4.72. The third kappa shape index (κ3) is 2.57. The lowest BCUT2D eigenvalue weighted by Crippen LogP contribution is -1.98. The SMILES string of the molecule is S=c1[nH]c2cc(I)ccc2n1CCCC1CC1. The van der Waals surface area contributed by atoms with Gasteiger partial charge in [-0.1, -0.05) is 12.8 Å². The van der Waals surface area contributed by atoms with Crippen LogP contribution in [0.1, 0.15) is 25.7 Å². The van der Waals surface area contributed by atoms with Crippen molar-refractivity contribution in [2.45, 2.75) is 32.2 Å². The highest BCUT2D eigenvalue weighted by Crippen LogP contribution is 2.33. The first-order valence-corrected chi connectivity index (χ1v) is 7.61. The molecule has 1 fully saturated rings. The van der Waals surface area contributed by atoms with Crippen molar-refractivity contribution in [3.8, 4) is 0 Å². The Morgan fingerprint density at radius 3 is 3.00 bits per heavy atom. The molecule has 0 spiro atoms. The number of halogens is 1. The van der Waals surface area contributed by atoms with E-state index in [0.717, 1.165) is 22.8 Å². The Bertz CT molecular complexity index is 595. The maximum atomic E-state index is 5.40. The van der Waals surface area contributed by atoms with Gasteiger partial charge in [-0.15, -0.1) is 0 Å². The molecule has 1 saturated carbocycles. The van der Waals surface area contributed by atoms with Crippen molar-refractivity contribution in [2.75, 3.05) is 0 Å². The van der Waals surface area contributed by atoms with E-state index in [-0.39, 0.29) is 0 Å². The van der Waals surface area contributed by atoms with Gasteiger partial charge in [0.1, 0.15) is 0 Å². The summed E-state index contributed by atoms with van der Waals surface area (Å²) in [6.45, 7) is 1.05. The van der Waals surface area contributed by atoms with Crippen LogP contribution in [0.4, 0.5) is 0 Å². The predicted octanol–water partition coefficient (Wildman–Crippen LogP) is 4.49. The maximum absolute atomic E-state index is 5.40. The molecule has 0 radical (unpaired) electrons. The van der Waals surface area contributed by atoms with Crippen LogP contribution in [0.3, 0.4) is 0 Å². The Balaban J connectivity index is 1.86. The Labute approximate surface area is 120 Å². The highest BCUT2D eigenvalue weighted by atomic mass is 127. The van der Waals surface area contributed by atoms with Crippen LogP contribution in [0.2, 0.25) is 0 Å². The fourth-order valence-electron chi connectivity index (χ4n) is 2.30. The summed E-state index contributed by atoms with van der Waals surface area (Å²) in [5.74, 6) is 1.01. The Kier molecular flexibility index (Phi) is 3.25. The molecule has 1 heterocycles. The van der Waals surface area contributed by atoms with Crippen molar-refractivity contribution in [3.05, 3.63) is 26.5 Å². The number of H-pyrrole nitrogens is 1. The molecule has 0 atom stereocenters. The molecule has 17 heavy (non-hydrogen) atoms. The topological polar surface area (TPSA) is 20.7 Å². The van der Waals surface area contributed by atoms with E-state index in [1.165, 1.54) is 34.8 Å². The van der Waals surface area contributed by atoms with Crippen molar-refractivity contribution >= 4 is 45.8 Å². The van der Waals surface area contributed by atoms with Gasteiger partial charge in [0.25, 0.3) is 0 Å². The van der Waals surface area contributed by atoms with Gasteiger partial charge in [0.15, 0.2) is 4.77 Å². The van der Waals surface area contributed by atoms with Crippen LogP contribution in [-0.2, 0) is 6.54 Å². The van der Waals surface area contributed by atoms with Gasteiger partial charge in [-0.3, -0.25) is 0 Å². The molecule has 1 aromatic heterocycles. The zero-order valence-electron chi connectivity index (χ0n) is 9.58. The predicted molar refractivity (Wildman–Crippen MR) is 81.8 cm³/mol. The highest BCUT2D eigenvalue weighted by molar-refractivity contribution is 14.1. The summed E-state index contributed by atoms with van der Waals surface area (Å²) in [5.41, 5.74) is 2.40. The summed E-state index contributed by atoms with van der Waals surface area (Å²) in [5, 5.41) is 0. The molecule has 1 aliphatic rings. The number of aromatic nitrogens is 2. The number of nitrogens with zero attached hydrogens (tertiary/aromatic N) is 1. The largest absolute Gasteiger partial charge is 0.331 e. The number of rotatable bonds is 4. The molecule has 2 aromatic rings. The number of fused-ring (bicyclic) bond motifs is 1. The molecule has 0 aliphatic heterocycles. The summed E-state index contributed by atoms with van der Waals surface area (Å²) >= 11 is 7.73. The zero-order chi connectivity index (χ0) is 11.8.